The lowest BCUT2D eigenvalue weighted by Crippen LogP contribution is -2.24. The second-order valence-corrected chi connectivity index (χ2v) is 18.5. The fourth-order valence-corrected chi connectivity index (χ4v) is 9.60. The maximum atomic E-state index is 6.60. The fourth-order valence-electron chi connectivity index (χ4n) is 5.86. The molecule has 0 unspecified atom stereocenters. The van der Waals surface area contributed by atoms with Crippen molar-refractivity contribution in [3.05, 3.63) is 157 Å². The minimum Gasteiger partial charge on any atom is -0.248 e. The predicted octanol–water partition coefficient (Wildman–Crippen LogP) is 10.4. The summed E-state index contributed by atoms with van der Waals surface area (Å²) in [6.07, 6.45) is 0. The molecule has 0 spiro atoms. The summed E-state index contributed by atoms with van der Waals surface area (Å²) in [5.41, 5.74) is 9.27. The first kappa shape index (κ1) is 31.9. The molecule has 0 amide bonds. The Morgan fingerprint density at radius 3 is 1.13 bits per heavy atom. The van der Waals surface area contributed by atoms with Crippen molar-refractivity contribution in [2.24, 2.45) is 0 Å². The second-order valence-electron chi connectivity index (χ2n) is 14.1. The van der Waals surface area contributed by atoms with Gasteiger partial charge in [0.15, 0.2) is 0 Å². The maximum Gasteiger partial charge on any atom is 0.0715 e. The molecule has 230 valence electrons. The molecular formula is C43H42NPS. The Labute approximate surface area is 280 Å². The van der Waals surface area contributed by atoms with E-state index in [-0.39, 0.29) is 10.8 Å². The molecule has 1 nitrogen and oxygen atoms in total. The molecule has 6 rings (SSSR count). The standard InChI is InChI=1S/C43H42NPS/c1-42(2,3)35-23-17-32(18-24-35)40-29-34(30-41(44-40)33-19-25-36(26-20-33)43(4,5)6)31-21-27-39(28-22-31)45(46,37-13-9-7-10-14-37)38-15-11-8-12-16-38/h7-30H,1-6H3. The van der Waals surface area contributed by atoms with E-state index in [0.717, 1.165) is 33.6 Å². The van der Waals surface area contributed by atoms with Crippen LogP contribution in [0, 0.1) is 0 Å². The lowest BCUT2D eigenvalue weighted by Gasteiger charge is -2.24. The summed E-state index contributed by atoms with van der Waals surface area (Å²) < 4.78 is 0. The summed E-state index contributed by atoms with van der Waals surface area (Å²) in [6.45, 7) is 13.5. The average Bonchev–Trinajstić information content (AvgIpc) is 3.08. The van der Waals surface area contributed by atoms with Crippen LogP contribution >= 0.6 is 6.04 Å². The van der Waals surface area contributed by atoms with Gasteiger partial charge >= 0.3 is 0 Å². The molecule has 0 bridgehead atoms. The van der Waals surface area contributed by atoms with Crippen LogP contribution < -0.4 is 15.9 Å². The Bertz CT molecular complexity index is 1860. The van der Waals surface area contributed by atoms with Crippen molar-refractivity contribution in [2.75, 3.05) is 0 Å². The van der Waals surface area contributed by atoms with Crippen LogP contribution in [-0.4, -0.2) is 4.98 Å². The summed E-state index contributed by atoms with van der Waals surface area (Å²) in [5.74, 6) is 0. The van der Waals surface area contributed by atoms with Gasteiger partial charge in [0.25, 0.3) is 0 Å². The number of aromatic nitrogens is 1. The molecule has 46 heavy (non-hydrogen) atoms. The van der Waals surface area contributed by atoms with E-state index < -0.39 is 6.04 Å². The van der Waals surface area contributed by atoms with Gasteiger partial charge in [0.05, 0.1) is 11.4 Å². The summed E-state index contributed by atoms with van der Waals surface area (Å²) in [5, 5.41) is 3.60. The number of pyridine rings is 1. The molecule has 1 aromatic heterocycles. The molecule has 0 aliphatic carbocycles. The molecule has 5 aromatic carbocycles. The third-order valence-corrected chi connectivity index (χ3v) is 13.7. The van der Waals surface area contributed by atoms with Gasteiger partial charge in [-0.3, -0.25) is 0 Å². The molecule has 0 aliphatic heterocycles. The van der Waals surface area contributed by atoms with Gasteiger partial charge in [0.1, 0.15) is 0 Å². The molecular weight excluding hydrogens is 594 g/mol. The second kappa shape index (κ2) is 12.6. The summed E-state index contributed by atoms with van der Waals surface area (Å²) in [6, 6.07) is 50.1. The third-order valence-electron chi connectivity index (χ3n) is 8.72. The molecule has 0 N–H and O–H groups in total. The maximum absolute atomic E-state index is 6.60. The van der Waals surface area contributed by atoms with Gasteiger partial charge in [0.2, 0.25) is 0 Å². The highest BCUT2D eigenvalue weighted by Crippen LogP contribution is 2.43. The molecule has 0 saturated heterocycles. The normalized spacial score (nSPS) is 12.2. The van der Waals surface area contributed by atoms with Crippen LogP contribution in [0.2, 0.25) is 0 Å². The summed E-state index contributed by atoms with van der Waals surface area (Å²) >= 11 is 6.60. The Balaban J connectivity index is 1.45. The monoisotopic (exact) mass is 635 g/mol. The molecule has 0 fully saturated rings. The van der Waals surface area contributed by atoms with Crippen LogP contribution in [0.25, 0.3) is 33.6 Å². The van der Waals surface area contributed by atoms with Crippen molar-refractivity contribution < 1.29 is 0 Å². The van der Waals surface area contributed by atoms with E-state index in [1.807, 2.05) is 0 Å². The number of rotatable bonds is 6. The van der Waals surface area contributed by atoms with Crippen molar-refractivity contribution in [2.45, 2.75) is 52.4 Å². The van der Waals surface area contributed by atoms with Crippen molar-refractivity contribution in [1.82, 2.24) is 4.98 Å². The average molecular weight is 636 g/mol. The number of benzene rings is 5. The number of hydrogen-bond acceptors (Lipinski definition) is 2. The van der Waals surface area contributed by atoms with Crippen LogP contribution in [0.15, 0.2) is 146 Å². The van der Waals surface area contributed by atoms with E-state index in [9.17, 15) is 0 Å². The van der Waals surface area contributed by atoms with Crippen LogP contribution in [-0.2, 0) is 22.6 Å². The van der Waals surface area contributed by atoms with Gasteiger partial charge < -0.3 is 0 Å². The smallest absolute Gasteiger partial charge is 0.0715 e. The number of hydrogen-bond donors (Lipinski definition) is 0. The highest BCUT2D eigenvalue weighted by Gasteiger charge is 2.25. The minimum absolute atomic E-state index is 0.0948. The largest absolute Gasteiger partial charge is 0.248 e. The minimum atomic E-state index is -2.22. The van der Waals surface area contributed by atoms with E-state index in [1.165, 1.54) is 27.0 Å². The first-order valence-electron chi connectivity index (χ1n) is 16.0. The van der Waals surface area contributed by atoms with Gasteiger partial charge in [-0.2, -0.15) is 0 Å². The molecule has 6 aromatic rings. The predicted molar refractivity (Wildman–Crippen MR) is 204 cm³/mol. The number of nitrogens with zero attached hydrogens (tertiary/aromatic N) is 1. The van der Waals surface area contributed by atoms with Crippen LogP contribution in [0.4, 0.5) is 0 Å². The van der Waals surface area contributed by atoms with E-state index in [2.05, 4.69) is 187 Å². The highest BCUT2D eigenvalue weighted by molar-refractivity contribution is 8.25. The van der Waals surface area contributed by atoms with Gasteiger partial charge in [-0.25, -0.2) is 4.98 Å². The van der Waals surface area contributed by atoms with Gasteiger partial charge in [-0.1, -0.05) is 187 Å². The molecule has 3 heteroatoms. The van der Waals surface area contributed by atoms with Gasteiger partial charge in [0, 0.05) is 17.2 Å². The zero-order valence-electron chi connectivity index (χ0n) is 27.7. The van der Waals surface area contributed by atoms with Crippen molar-refractivity contribution in [1.29, 1.82) is 0 Å². The topological polar surface area (TPSA) is 12.9 Å². The van der Waals surface area contributed by atoms with Gasteiger partial charge in [-0.05, 0) is 61.1 Å². The highest BCUT2D eigenvalue weighted by atomic mass is 32.4. The van der Waals surface area contributed by atoms with Crippen LogP contribution in [0.3, 0.4) is 0 Å². The quantitative estimate of drug-likeness (QED) is 0.169. The Morgan fingerprint density at radius 1 is 0.413 bits per heavy atom. The zero-order chi connectivity index (χ0) is 32.5. The van der Waals surface area contributed by atoms with E-state index in [4.69, 9.17) is 16.8 Å². The third kappa shape index (κ3) is 6.57. The lowest BCUT2D eigenvalue weighted by atomic mass is 9.86. The SMILES string of the molecule is CC(C)(C)c1ccc(-c2cc(-c3ccc(P(=S)(c4ccccc4)c4ccccc4)cc3)cc(-c3ccc(C(C)(C)C)cc3)n2)cc1. The Kier molecular flexibility index (Phi) is 8.73. The molecule has 0 aliphatic rings. The Hall–Kier alpha value is -4.10. The first-order chi connectivity index (χ1) is 21.9. The Morgan fingerprint density at radius 2 is 0.761 bits per heavy atom. The molecule has 0 radical (unpaired) electrons. The first-order valence-corrected chi connectivity index (χ1v) is 18.8. The van der Waals surface area contributed by atoms with Crippen molar-refractivity contribution in [3.63, 3.8) is 0 Å². The van der Waals surface area contributed by atoms with Crippen molar-refractivity contribution >= 4 is 33.8 Å². The van der Waals surface area contributed by atoms with Gasteiger partial charge in [-0.15, -0.1) is 0 Å². The molecule has 1 heterocycles. The zero-order valence-corrected chi connectivity index (χ0v) is 29.4. The van der Waals surface area contributed by atoms with Crippen molar-refractivity contribution in [3.8, 4) is 33.6 Å². The van der Waals surface area contributed by atoms with E-state index >= 15 is 0 Å². The van der Waals surface area contributed by atoms with E-state index in [0.29, 0.717) is 0 Å². The molecule has 0 saturated carbocycles. The summed E-state index contributed by atoms with van der Waals surface area (Å²) in [7, 11) is 0. The molecule has 0 atom stereocenters. The van der Waals surface area contributed by atoms with Crippen LogP contribution in [0.1, 0.15) is 52.7 Å². The lowest BCUT2D eigenvalue weighted by molar-refractivity contribution is 0.590. The van der Waals surface area contributed by atoms with Crippen LogP contribution in [0.5, 0.6) is 0 Å². The summed E-state index contributed by atoms with van der Waals surface area (Å²) in [4.78, 5) is 5.21. The fraction of sp³-hybridized carbons (Fsp3) is 0.186. The van der Waals surface area contributed by atoms with E-state index in [1.54, 1.807) is 0 Å².